The summed E-state index contributed by atoms with van der Waals surface area (Å²) in [5, 5.41) is 5.95. The van der Waals surface area contributed by atoms with E-state index in [4.69, 9.17) is 11.6 Å². The van der Waals surface area contributed by atoms with Crippen molar-refractivity contribution in [2.45, 2.75) is 19.4 Å². The van der Waals surface area contributed by atoms with Crippen LogP contribution in [0.4, 0.5) is 0 Å². The third kappa shape index (κ3) is 3.74. The topological polar surface area (TPSA) is 41.1 Å². The highest BCUT2D eigenvalue weighted by Crippen LogP contribution is 2.01. The summed E-state index contributed by atoms with van der Waals surface area (Å²) in [6.45, 7) is 7.36. The van der Waals surface area contributed by atoms with Crippen LogP contribution in [0.3, 0.4) is 0 Å². The summed E-state index contributed by atoms with van der Waals surface area (Å²) >= 11 is 5.49. The lowest BCUT2D eigenvalue weighted by Crippen LogP contribution is -2.51. The van der Waals surface area contributed by atoms with Crippen LogP contribution in [0.5, 0.6) is 0 Å². The molecule has 0 rings (SSSR count). The van der Waals surface area contributed by atoms with Gasteiger partial charge in [0.2, 0.25) is 5.91 Å². The maximum Gasteiger partial charge on any atom is 0.240 e. The number of carbonyl (C=O) groups excluding carboxylic acids is 1. The summed E-state index contributed by atoms with van der Waals surface area (Å²) in [4.78, 5) is 11.3. The monoisotopic (exact) mass is 190 g/mol. The average Bonchev–Trinajstić information content (AvgIpc) is 2.00. The molecule has 0 heterocycles. The fourth-order valence-electron chi connectivity index (χ4n) is 0.511. The number of carbonyl (C=O) groups is 1. The van der Waals surface area contributed by atoms with Gasteiger partial charge in [0.15, 0.2) is 0 Å². The molecule has 0 unspecified atom stereocenters. The molecular weight excluding hydrogens is 176 g/mol. The average molecular weight is 191 g/mol. The maximum absolute atomic E-state index is 11.3. The molecule has 0 fully saturated rings. The standard InChI is InChI=1S/C8H15ClN2O/c1-6(9)5-11-7(12)8(2,3)10-4/h10H,1,5H2,2-4H3,(H,11,12). The predicted molar refractivity (Wildman–Crippen MR) is 51.1 cm³/mol. The molecule has 3 nitrogen and oxygen atoms in total. The number of amides is 1. The Morgan fingerprint density at radius 1 is 1.58 bits per heavy atom. The molecule has 70 valence electrons. The quantitative estimate of drug-likeness (QED) is 0.691. The molecule has 12 heavy (non-hydrogen) atoms. The first-order valence-corrected chi connectivity index (χ1v) is 4.08. The van der Waals surface area contributed by atoms with Crippen molar-refractivity contribution in [3.05, 3.63) is 11.6 Å². The number of hydrogen-bond donors (Lipinski definition) is 2. The van der Waals surface area contributed by atoms with Crippen molar-refractivity contribution in [1.29, 1.82) is 0 Å². The second-order valence-corrected chi connectivity index (χ2v) is 3.61. The minimum absolute atomic E-state index is 0.0909. The van der Waals surface area contributed by atoms with E-state index in [9.17, 15) is 4.79 Å². The van der Waals surface area contributed by atoms with Crippen LogP contribution in [0.2, 0.25) is 0 Å². The first kappa shape index (κ1) is 11.5. The Labute approximate surface area is 78.2 Å². The smallest absolute Gasteiger partial charge is 0.240 e. The predicted octanol–water partition coefficient (Wildman–Crippen LogP) is 0.853. The Hall–Kier alpha value is -0.540. The Balaban J connectivity index is 3.96. The van der Waals surface area contributed by atoms with Gasteiger partial charge in [-0.1, -0.05) is 18.2 Å². The highest BCUT2D eigenvalue weighted by molar-refractivity contribution is 6.29. The van der Waals surface area contributed by atoms with Gasteiger partial charge in [-0.05, 0) is 20.9 Å². The molecule has 0 bridgehead atoms. The fourth-order valence-corrected chi connectivity index (χ4v) is 0.578. The molecule has 0 aliphatic carbocycles. The van der Waals surface area contributed by atoms with E-state index in [1.54, 1.807) is 20.9 Å². The van der Waals surface area contributed by atoms with E-state index in [1.807, 2.05) is 0 Å². The van der Waals surface area contributed by atoms with Gasteiger partial charge in [0.1, 0.15) is 0 Å². The Morgan fingerprint density at radius 3 is 2.42 bits per heavy atom. The van der Waals surface area contributed by atoms with E-state index in [0.29, 0.717) is 11.6 Å². The number of halogens is 1. The molecule has 2 N–H and O–H groups in total. The SMILES string of the molecule is C=C(Cl)CNC(=O)C(C)(C)NC. The van der Waals surface area contributed by atoms with Gasteiger partial charge in [0.05, 0.1) is 12.1 Å². The molecular formula is C8H15ClN2O. The molecule has 0 aliphatic heterocycles. The molecule has 0 aromatic carbocycles. The van der Waals surface area contributed by atoms with Crippen molar-refractivity contribution in [1.82, 2.24) is 10.6 Å². The minimum atomic E-state index is -0.563. The second kappa shape index (κ2) is 4.48. The largest absolute Gasteiger partial charge is 0.350 e. The molecule has 4 heteroatoms. The highest BCUT2D eigenvalue weighted by atomic mass is 35.5. The number of likely N-dealkylation sites (N-methyl/N-ethyl adjacent to an activating group) is 1. The maximum atomic E-state index is 11.3. The van der Waals surface area contributed by atoms with Crippen LogP contribution in [0, 0.1) is 0 Å². The lowest BCUT2D eigenvalue weighted by Gasteiger charge is -2.22. The van der Waals surface area contributed by atoms with Gasteiger partial charge < -0.3 is 10.6 Å². The molecule has 0 saturated heterocycles. The van der Waals surface area contributed by atoms with E-state index in [1.165, 1.54) is 0 Å². The van der Waals surface area contributed by atoms with Crippen LogP contribution in [0.15, 0.2) is 11.6 Å². The molecule has 0 spiro atoms. The van der Waals surface area contributed by atoms with E-state index >= 15 is 0 Å². The van der Waals surface area contributed by atoms with Gasteiger partial charge in [-0.2, -0.15) is 0 Å². The van der Waals surface area contributed by atoms with Crippen LogP contribution in [0.1, 0.15) is 13.8 Å². The first-order valence-electron chi connectivity index (χ1n) is 3.70. The van der Waals surface area contributed by atoms with Crippen molar-refractivity contribution < 1.29 is 4.79 Å². The summed E-state index contributed by atoms with van der Waals surface area (Å²) in [6, 6.07) is 0. The molecule has 0 aromatic rings. The van der Waals surface area contributed by atoms with Crippen LogP contribution in [-0.2, 0) is 4.79 Å². The van der Waals surface area contributed by atoms with E-state index in [0.717, 1.165) is 0 Å². The van der Waals surface area contributed by atoms with Crippen LogP contribution in [0.25, 0.3) is 0 Å². The zero-order chi connectivity index (χ0) is 9.78. The summed E-state index contributed by atoms with van der Waals surface area (Å²) in [6.07, 6.45) is 0. The zero-order valence-electron chi connectivity index (χ0n) is 7.70. The number of nitrogens with one attached hydrogen (secondary N) is 2. The first-order chi connectivity index (χ1) is 5.40. The van der Waals surface area contributed by atoms with Crippen LogP contribution >= 0.6 is 11.6 Å². The third-order valence-corrected chi connectivity index (χ3v) is 1.77. The van der Waals surface area contributed by atoms with Gasteiger partial charge in [-0.3, -0.25) is 4.79 Å². The van der Waals surface area contributed by atoms with Gasteiger partial charge in [0.25, 0.3) is 0 Å². The van der Waals surface area contributed by atoms with E-state index in [-0.39, 0.29) is 5.91 Å². The number of hydrogen-bond acceptors (Lipinski definition) is 2. The van der Waals surface area contributed by atoms with Gasteiger partial charge in [-0.15, -0.1) is 0 Å². The molecule has 0 aromatic heterocycles. The molecule has 1 amide bonds. The lowest BCUT2D eigenvalue weighted by molar-refractivity contribution is -0.126. The summed E-state index contributed by atoms with van der Waals surface area (Å²) in [5.74, 6) is -0.0909. The van der Waals surface area contributed by atoms with Gasteiger partial charge >= 0.3 is 0 Å². The summed E-state index contributed by atoms with van der Waals surface area (Å²) in [5.41, 5.74) is -0.563. The Bertz CT molecular complexity index is 189. The zero-order valence-corrected chi connectivity index (χ0v) is 8.46. The lowest BCUT2D eigenvalue weighted by atomic mass is 10.1. The van der Waals surface area contributed by atoms with Crippen molar-refractivity contribution in [3.8, 4) is 0 Å². The molecule has 0 aliphatic rings. The normalized spacial score (nSPS) is 11.0. The number of rotatable bonds is 4. The Morgan fingerprint density at radius 2 is 2.08 bits per heavy atom. The summed E-state index contributed by atoms with van der Waals surface area (Å²) < 4.78 is 0. The minimum Gasteiger partial charge on any atom is -0.350 e. The van der Waals surface area contributed by atoms with Crippen molar-refractivity contribution in [2.75, 3.05) is 13.6 Å². The Kier molecular flexibility index (Phi) is 4.28. The fraction of sp³-hybridized carbons (Fsp3) is 0.625. The van der Waals surface area contributed by atoms with Crippen molar-refractivity contribution in [2.24, 2.45) is 0 Å². The van der Waals surface area contributed by atoms with Crippen molar-refractivity contribution in [3.63, 3.8) is 0 Å². The second-order valence-electron chi connectivity index (χ2n) is 3.07. The van der Waals surface area contributed by atoms with Crippen LogP contribution in [-0.4, -0.2) is 25.0 Å². The van der Waals surface area contributed by atoms with E-state index < -0.39 is 5.54 Å². The molecule has 0 radical (unpaired) electrons. The van der Waals surface area contributed by atoms with Crippen LogP contribution < -0.4 is 10.6 Å². The van der Waals surface area contributed by atoms with Gasteiger partial charge in [-0.25, -0.2) is 0 Å². The van der Waals surface area contributed by atoms with E-state index in [2.05, 4.69) is 17.2 Å². The van der Waals surface area contributed by atoms with Gasteiger partial charge in [0, 0.05) is 5.03 Å². The highest BCUT2D eigenvalue weighted by Gasteiger charge is 2.24. The molecule has 0 saturated carbocycles. The van der Waals surface area contributed by atoms with Crippen molar-refractivity contribution >= 4 is 17.5 Å². The summed E-state index contributed by atoms with van der Waals surface area (Å²) in [7, 11) is 1.73. The third-order valence-electron chi connectivity index (χ3n) is 1.63. The molecule has 0 atom stereocenters.